The Morgan fingerprint density at radius 3 is 3.07 bits per heavy atom. The molecule has 1 aromatic heterocycles. The number of halogens is 1. The lowest BCUT2D eigenvalue weighted by Crippen LogP contribution is -2.10. The summed E-state index contributed by atoms with van der Waals surface area (Å²) in [4.78, 5) is 14.4. The van der Waals surface area contributed by atoms with Gasteiger partial charge in [0.15, 0.2) is 0 Å². The van der Waals surface area contributed by atoms with Crippen LogP contribution in [0.25, 0.3) is 0 Å². The van der Waals surface area contributed by atoms with Crippen LogP contribution in [0.4, 0.5) is 4.39 Å². The van der Waals surface area contributed by atoms with Crippen LogP contribution in [0.15, 0.2) is 18.3 Å². The van der Waals surface area contributed by atoms with E-state index in [4.69, 9.17) is 0 Å². The van der Waals surface area contributed by atoms with E-state index in [0.29, 0.717) is 0 Å². The first-order valence-corrected chi connectivity index (χ1v) is 4.00. The molecule has 0 aromatic carbocycles. The highest BCUT2D eigenvalue weighted by atomic mass is 19.1. The second kappa shape index (κ2) is 4.66. The van der Waals surface area contributed by atoms with Crippen LogP contribution in [0.5, 0.6) is 0 Å². The Kier molecular flexibility index (Phi) is 3.53. The molecule has 0 aliphatic heterocycles. The number of aromatic nitrogens is 1. The standard InChI is InChI=1S/C9H10FNO3/c1-14-8(13)5-7(12)9-6(10)3-2-4-11-9/h2-4,7,12H,5H2,1H3. The van der Waals surface area contributed by atoms with Crippen molar-refractivity contribution in [3.63, 3.8) is 0 Å². The van der Waals surface area contributed by atoms with Crippen molar-refractivity contribution >= 4 is 5.97 Å². The predicted molar refractivity (Wildman–Crippen MR) is 45.8 cm³/mol. The molecule has 1 unspecified atom stereocenters. The monoisotopic (exact) mass is 199 g/mol. The molecule has 1 aromatic rings. The summed E-state index contributed by atoms with van der Waals surface area (Å²) in [6, 6.07) is 2.58. The van der Waals surface area contributed by atoms with E-state index < -0.39 is 17.9 Å². The maximum absolute atomic E-state index is 13.0. The summed E-state index contributed by atoms with van der Waals surface area (Å²) in [6.45, 7) is 0. The number of carbonyl (C=O) groups excluding carboxylic acids is 1. The number of hydrogen-bond donors (Lipinski definition) is 1. The van der Waals surface area contributed by atoms with Crippen molar-refractivity contribution in [3.8, 4) is 0 Å². The fraction of sp³-hybridized carbons (Fsp3) is 0.333. The van der Waals surface area contributed by atoms with Gasteiger partial charge in [-0.15, -0.1) is 0 Å². The average molecular weight is 199 g/mol. The van der Waals surface area contributed by atoms with Gasteiger partial charge in [0.05, 0.1) is 13.5 Å². The number of aliphatic hydroxyl groups excluding tert-OH is 1. The highest BCUT2D eigenvalue weighted by Gasteiger charge is 2.17. The Labute approximate surface area is 80.3 Å². The van der Waals surface area contributed by atoms with Crippen molar-refractivity contribution in [1.82, 2.24) is 4.98 Å². The zero-order chi connectivity index (χ0) is 10.6. The number of methoxy groups -OCH3 is 1. The second-order valence-corrected chi connectivity index (χ2v) is 2.67. The zero-order valence-electron chi connectivity index (χ0n) is 7.61. The molecule has 76 valence electrons. The van der Waals surface area contributed by atoms with E-state index in [-0.39, 0.29) is 12.1 Å². The highest BCUT2D eigenvalue weighted by molar-refractivity contribution is 5.69. The van der Waals surface area contributed by atoms with E-state index >= 15 is 0 Å². The molecule has 0 aliphatic rings. The molecule has 1 rings (SSSR count). The van der Waals surface area contributed by atoms with E-state index in [0.717, 1.165) is 0 Å². The van der Waals surface area contributed by atoms with Crippen LogP contribution in [0, 0.1) is 5.82 Å². The van der Waals surface area contributed by atoms with E-state index in [1.165, 1.54) is 25.4 Å². The Morgan fingerprint density at radius 1 is 1.79 bits per heavy atom. The van der Waals surface area contributed by atoms with Gasteiger partial charge in [-0.1, -0.05) is 0 Å². The van der Waals surface area contributed by atoms with Crippen molar-refractivity contribution in [2.24, 2.45) is 0 Å². The lowest BCUT2D eigenvalue weighted by atomic mass is 10.1. The lowest BCUT2D eigenvalue weighted by molar-refractivity contribution is -0.143. The third-order valence-corrected chi connectivity index (χ3v) is 1.69. The molecule has 0 radical (unpaired) electrons. The van der Waals surface area contributed by atoms with Crippen LogP contribution >= 0.6 is 0 Å². The summed E-state index contributed by atoms with van der Waals surface area (Å²) >= 11 is 0. The summed E-state index contributed by atoms with van der Waals surface area (Å²) < 4.78 is 17.4. The summed E-state index contributed by atoms with van der Waals surface area (Å²) in [5.74, 6) is -1.24. The van der Waals surface area contributed by atoms with Crippen LogP contribution < -0.4 is 0 Å². The Balaban J connectivity index is 2.74. The molecule has 1 heterocycles. The number of rotatable bonds is 3. The fourth-order valence-corrected chi connectivity index (χ4v) is 0.981. The second-order valence-electron chi connectivity index (χ2n) is 2.67. The third-order valence-electron chi connectivity index (χ3n) is 1.69. The largest absolute Gasteiger partial charge is 0.469 e. The van der Waals surface area contributed by atoms with Gasteiger partial charge in [0.2, 0.25) is 0 Å². The van der Waals surface area contributed by atoms with Crippen molar-refractivity contribution in [2.75, 3.05) is 7.11 Å². The van der Waals surface area contributed by atoms with E-state index in [2.05, 4.69) is 9.72 Å². The third kappa shape index (κ3) is 2.50. The number of pyridine rings is 1. The Bertz CT molecular complexity index is 330. The molecule has 5 heteroatoms. The highest BCUT2D eigenvalue weighted by Crippen LogP contribution is 2.17. The summed E-state index contributed by atoms with van der Waals surface area (Å²) in [5.41, 5.74) is -0.141. The molecular weight excluding hydrogens is 189 g/mol. The van der Waals surface area contributed by atoms with Crippen molar-refractivity contribution in [1.29, 1.82) is 0 Å². The van der Waals surface area contributed by atoms with Gasteiger partial charge in [-0.2, -0.15) is 0 Å². The average Bonchev–Trinajstić information content (AvgIpc) is 2.18. The van der Waals surface area contributed by atoms with Crippen LogP contribution in [0.3, 0.4) is 0 Å². The Morgan fingerprint density at radius 2 is 2.50 bits per heavy atom. The first-order valence-electron chi connectivity index (χ1n) is 4.00. The number of hydrogen-bond acceptors (Lipinski definition) is 4. The molecule has 14 heavy (non-hydrogen) atoms. The predicted octanol–water partition coefficient (Wildman–Crippen LogP) is 0.817. The molecule has 0 fully saturated rings. The number of nitrogens with zero attached hydrogens (tertiary/aromatic N) is 1. The summed E-state index contributed by atoms with van der Waals surface area (Å²) in [7, 11) is 1.20. The minimum absolute atomic E-state index is 0.141. The van der Waals surface area contributed by atoms with Gasteiger partial charge in [0.25, 0.3) is 0 Å². The summed E-state index contributed by atoms with van der Waals surface area (Å²) in [6.07, 6.45) is -0.216. The van der Waals surface area contributed by atoms with Crippen LogP contribution in [-0.2, 0) is 9.53 Å². The van der Waals surface area contributed by atoms with E-state index in [1.54, 1.807) is 0 Å². The van der Waals surface area contributed by atoms with Crippen LogP contribution in [0.2, 0.25) is 0 Å². The molecule has 1 atom stereocenters. The van der Waals surface area contributed by atoms with E-state index in [9.17, 15) is 14.3 Å². The number of esters is 1. The molecule has 0 amide bonds. The molecule has 0 saturated carbocycles. The van der Waals surface area contributed by atoms with E-state index in [1.807, 2.05) is 0 Å². The van der Waals surface area contributed by atoms with Crippen molar-refractivity contribution in [3.05, 3.63) is 29.8 Å². The molecule has 0 aliphatic carbocycles. The lowest BCUT2D eigenvalue weighted by Gasteiger charge is -2.08. The van der Waals surface area contributed by atoms with Crippen molar-refractivity contribution < 1.29 is 19.0 Å². The van der Waals surface area contributed by atoms with Crippen LogP contribution in [0.1, 0.15) is 18.2 Å². The minimum Gasteiger partial charge on any atom is -0.469 e. The molecule has 0 bridgehead atoms. The first kappa shape index (κ1) is 10.6. The molecule has 0 spiro atoms. The smallest absolute Gasteiger partial charge is 0.308 e. The zero-order valence-corrected chi connectivity index (χ0v) is 7.61. The molecule has 1 N–H and O–H groups in total. The minimum atomic E-state index is -1.26. The maximum Gasteiger partial charge on any atom is 0.308 e. The maximum atomic E-state index is 13.0. The summed E-state index contributed by atoms with van der Waals surface area (Å²) in [5, 5.41) is 9.40. The Hall–Kier alpha value is -1.49. The SMILES string of the molecule is COC(=O)CC(O)c1ncccc1F. The fourth-order valence-electron chi connectivity index (χ4n) is 0.981. The number of carbonyl (C=O) groups is 1. The quantitative estimate of drug-likeness (QED) is 0.732. The molecule has 0 saturated heterocycles. The topological polar surface area (TPSA) is 59.4 Å². The van der Waals surface area contributed by atoms with Crippen molar-refractivity contribution in [2.45, 2.75) is 12.5 Å². The first-order chi connectivity index (χ1) is 6.65. The van der Waals surface area contributed by atoms with Gasteiger partial charge in [-0.3, -0.25) is 9.78 Å². The van der Waals surface area contributed by atoms with Gasteiger partial charge in [0.1, 0.15) is 17.6 Å². The van der Waals surface area contributed by atoms with Gasteiger partial charge < -0.3 is 9.84 Å². The normalized spacial score (nSPS) is 12.2. The van der Waals surface area contributed by atoms with Gasteiger partial charge in [-0.05, 0) is 12.1 Å². The molecule has 4 nitrogen and oxygen atoms in total. The van der Waals surface area contributed by atoms with Gasteiger partial charge >= 0.3 is 5.97 Å². The van der Waals surface area contributed by atoms with Crippen LogP contribution in [-0.4, -0.2) is 23.2 Å². The van der Waals surface area contributed by atoms with Gasteiger partial charge in [-0.25, -0.2) is 4.39 Å². The number of ether oxygens (including phenoxy) is 1. The number of aliphatic hydroxyl groups is 1. The van der Waals surface area contributed by atoms with Gasteiger partial charge in [0, 0.05) is 6.20 Å². The molecular formula is C9H10FNO3.